The second kappa shape index (κ2) is 2.94. The van der Waals surface area contributed by atoms with Crippen molar-refractivity contribution >= 4 is 10.9 Å². The summed E-state index contributed by atoms with van der Waals surface area (Å²) >= 11 is 0. The Morgan fingerprint density at radius 3 is 2.43 bits per heavy atom. The number of benzene rings is 1. The number of aromatic nitrogens is 1. The SMILES string of the molecule is CC(C)n1ccc2cc(O)c(O)cc21. The van der Waals surface area contributed by atoms with Gasteiger partial charge in [0.2, 0.25) is 0 Å². The van der Waals surface area contributed by atoms with Gasteiger partial charge in [0.05, 0.1) is 5.52 Å². The van der Waals surface area contributed by atoms with Gasteiger partial charge in [-0.2, -0.15) is 0 Å². The normalized spacial score (nSPS) is 11.4. The average Bonchev–Trinajstić information content (AvgIpc) is 2.48. The smallest absolute Gasteiger partial charge is 0.159 e. The Labute approximate surface area is 82.2 Å². The molecule has 0 aliphatic rings. The molecule has 0 bridgehead atoms. The molecule has 0 aliphatic heterocycles. The lowest BCUT2D eigenvalue weighted by molar-refractivity contribution is 0.404. The van der Waals surface area contributed by atoms with Gasteiger partial charge in [0.25, 0.3) is 0 Å². The van der Waals surface area contributed by atoms with Gasteiger partial charge in [-0.1, -0.05) is 0 Å². The predicted octanol–water partition coefficient (Wildman–Crippen LogP) is 2.63. The summed E-state index contributed by atoms with van der Waals surface area (Å²) in [5.41, 5.74) is 0.940. The lowest BCUT2D eigenvalue weighted by Crippen LogP contribution is -1.97. The lowest BCUT2D eigenvalue weighted by atomic mass is 10.2. The molecule has 1 aromatic heterocycles. The van der Waals surface area contributed by atoms with Crippen LogP contribution in [0, 0.1) is 0 Å². The zero-order valence-electron chi connectivity index (χ0n) is 8.23. The summed E-state index contributed by atoms with van der Waals surface area (Å²) in [5.74, 6) is -0.142. The third kappa shape index (κ3) is 1.21. The first-order valence-corrected chi connectivity index (χ1v) is 4.62. The van der Waals surface area contributed by atoms with E-state index in [2.05, 4.69) is 18.4 Å². The maximum absolute atomic E-state index is 9.38. The Morgan fingerprint density at radius 1 is 1.14 bits per heavy atom. The highest BCUT2D eigenvalue weighted by Crippen LogP contribution is 2.31. The monoisotopic (exact) mass is 191 g/mol. The molecule has 2 N–H and O–H groups in total. The molecule has 0 saturated heterocycles. The van der Waals surface area contributed by atoms with E-state index in [0.29, 0.717) is 6.04 Å². The summed E-state index contributed by atoms with van der Waals surface area (Å²) in [7, 11) is 0. The highest BCUT2D eigenvalue weighted by molar-refractivity contribution is 5.83. The molecule has 0 aliphatic carbocycles. The Balaban J connectivity index is 2.74. The molecule has 14 heavy (non-hydrogen) atoms. The van der Waals surface area contributed by atoms with Crippen molar-refractivity contribution in [2.24, 2.45) is 0 Å². The van der Waals surface area contributed by atoms with E-state index < -0.39 is 0 Å². The molecule has 0 spiro atoms. The van der Waals surface area contributed by atoms with E-state index in [1.165, 1.54) is 0 Å². The highest BCUT2D eigenvalue weighted by atomic mass is 16.3. The molecule has 3 nitrogen and oxygen atoms in total. The fourth-order valence-electron chi connectivity index (χ4n) is 1.63. The minimum atomic E-state index is -0.0712. The van der Waals surface area contributed by atoms with Gasteiger partial charge in [0, 0.05) is 23.7 Å². The van der Waals surface area contributed by atoms with Crippen molar-refractivity contribution < 1.29 is 10.2 Å². The van der Waals surface area contributed by atoms with Crippen LogP contribution in [0.15, 0.2) is 24.4 Å². The summed E-state index contributed by atoms with van der Waals surface area (Å²) in [4.78, 5) is 0. The van der Waals surface area contributed by atoms with Crippen molar-refractivity contribution in [3.05, 3.63) is 24.4 Å². The van der Waals surface area contributed by atoms with E-state index in [1.54, 1.807) is 12.1 Å². The molecular formula is C11H13NO2. The fourth-order valence-corrected chi connectivity index (χ4v) is 1.63. The maximum Gasteiger partial charge on any atom is 0.159 e. The standard InChI is InChI=1S/C11H13NO2/c1-7(2)12-4-3-8-5-10(13)11(14)6-9(8)12/h3-7,13-14H,1-2H3. The van der Waals surface area contributed by atoms with Crippen LogP contribution in [0.25, 0.3) is 10.9 Å². The molecule has 0 saturated carbocycles. The van der Waals surface area contributed by atoms with Crippen LogP contribution in [-0.2, 0) is 0 Å². The molecule has 3 heteroatoms. The third-order valence-electron chi connectivity index (χ3n) is 2.37. The maximum atomic E-state index is 9.38. The number of aromatic hydroxyl groups is 2. The Hall–Kier alpha value is -1.64. The van der Waals surface area contributed by atoms with Crippen LogP contribution in [0.2, 0.25) is 0 Å². The van der Waals surface area contributed by atoms with E-state index in [-0.39, 0.29) is 11.5 Å². The first-order valence-electron chi connectivity index (χ1n) is 4.62. The van der Waals surface area contributed by atoms with Gasteiger partial charge in [-0.05, 0) is 26.0 Å². The molecule has 1 aromatic carbocycles. The van der Waals surface area contributed by atoms with Crippen LogP contribution >= 0.6 is 0 Å². The lowest BCUT2D eigenvalue weighted by Gasteiger charge is -2.09. The van der Waals surface area contributed by atoms with Gasteiger partial charge < -0.3 is 14.8 Å². The number of hydrogen-bond donors (Lipinski definition) is 2. The summed E-state index contributed by atoms with van der Waals surface area (Å²) in [6.45, 7) is 4.15. The Bertz CT molecular complexity index is 471. The summed E-state index contributed by atoms with van der Waals surface area (Å²) in [6.07, 6.45) is 1.95. The average molecular weight is 191 g/mol. The molecule has 0 radical (unpaired) electrons. The minimum Gasteiger partial charge on any atom is -0.504 e. The molecule has 0 amide bonds. The third-order valence-corrected chi connectivity index (χ3v) is 2.37. The molecule has 0 fully saturated rings. The predicted molar refractivity (Wildman–Crippen MR) is 55.7 cm³/mol. The van der Waals surface area contributed by atoms with Crippen LogP contribution in [0.5, 0.6) is 11.5 Å². The van der Waals surface area contributed by atoms with Crippen molar-refractivity contribution in [2.75, 3.05) is 0 Å². The quantitative estimate of drug-likeness (QED) is 0.680. The van der Waals surface area contributed by atoms with Gasteiger partial charge in [-0.3, -0.25) is 0 Å². The first kappa shape index (κ1) is 8.94. The molecule has 2 rings (SSSR count). The molecule has 74 valence electrons. The zero-order valence-corrected chi connectivity index (χ0v) is 8.23. The molecule has 0 atom stereocenters. The first-order chi connectivity index (χ1) is 6.59. The molecular weight excluding hydrogens is 178 g/mol. The number of rotatable bonds is 1. The molecule has 2 aromatic rings. The fraction of sp³-hybridized carbons (Fsp3) is 0.273. The summed E-state index contributed by atoms with van der Waals surface area (Å²) < 4.78 is 2.05. The number of phenolic OH excluding ortho intramolecular Hbond substituents is 2. The number of fused-ring (bicyclic) bond motifs is 1. The topological polar surface area (TPSA) is 45.4 Å². The Morgan fingerprint density at radius 2 is 1.79 bits per heavy atom. The van der Waals surface area contributed by atoms with Gasteiger partial charge in [-0.15, -0.1) is 0 Å². The second-order valence-corrected chi connectivity index (χ2v) is 3.72. The number of hydrogen-bond acceptors (Lipinski definition) is 2. The van der Waals surface area contributed by atoms with Crippen LogP contribution in [0.4, 0.5) is 0 Å². The van der Waals surface area contributed by atoms with Gasteiger partial charge in [-0.25, -0.2) is 0 Å². The summed E-state index contributed by atoms with van der Waals surface area (Å²) in [5, 5.41) is 19.6. The highest BCUT2D eigenvalue weighted by Gasteiger charge is 2.07. The second-order valence-electron chi connectivity index (χ2n) is 3.72. The van der Waals surface area contributed by atoms with Crippen LogP contribution in [-0.4, -0.2) is 14.8 Å². The summed E-state index contributed by atoms with van der Waals surface area (Å²) in [6, 6.07) is 5.43. The van der Waals surface area contributed by atoms with Crippen LogP contribution in [0.1, 0.15) is 19.9 Å². The van der Waals surface area contributed by atoms with Crippen molar-refractivity contribution in [1.82, 2.24) is 4.57 Å². The van der Waals surface area contributed by atoms with Crippen molar-refractivity contribution in [2.45, 2.75) is 19.9 Å². The van der Waals surface area contributed by atoms with Crippen LogP contribution in [0.3, 0.4) is 0 Å². The zero-order chi connectivity index (χ0) is 10.3. The van der Waals surface area contributed by atoms with E-state index in [9.17, 15) is 10.2 Å². The molecule has 0 unspecified atom stereocenters. The van der Waals surface area contributed by atoms with E-state index in [4.69, 9.17) is 0 Å². The number of phenols is 2. The van der Waals surface area contributed by atoms with Gasteiger partial charge in [0.1, 0.15) is 0 Å². The van der Waals surface area contributed by atoms with Crippen molar-refractivity contribution in [3.63, 3.8) is 0 Å². The van der Waals surface area contributed by atoms with E-state index >= 15 is 0 Å². The largest absolute Gasteiger partial charge is 0.504 e. The van der Waals surface area contributed by atoms with Crippen molar-refractivity contribution in [1.29, 1.82) is 0 Å². The van der Waals surface area contributed by atoms with Gasteiger partial charge >= 0.3 is 0 Å². The van der Waals surface area contributed by atoms with Crippen LogP contribution < -0.4 is 0 Å². The Kier molecular flexibility index (Phi) is 1.88. The van der Waals surface area contributed by atoms with E-state index in [0.717, 1.165) is 10.9 Å². The molecule has 1 heterocycles. The van der Waals surface area contributed by atoms with Crippen molar-refractivity contribution in [3.8, 4) is 11.5 Å². The van der Waals surface area contributed by atoms with Gasteiger partial charge in [0.15, 0.2) is 11.5 Å². The van der Waals surface area contributed by atoms with E-state index in [1.807, 2.05) is 12.3 Å². The minimum absolute atomic E-state index is 0.0704. The number of nitrogens with zero attached hydrogens (tertiary/aromatic N) is 1.